The molecule has 3 aromatic rings. The first-order chi connectivity index (χ1) is 14.6. The van der Waals surface area contributed by atoms with Crippen LogP contribution >= 0.6 is 0 Å². The van der Waals surface area contributed by atoms with Crippen LogP contribution in [0.4, 0.5) is 5.69 Å². The number of hydrogen-bond donors (Lipinski definition) is 1. The fraction of sp³-hybridized carbons (Fsp3) is 0.333. The van der Waals surface area contributed by atoms with Crippen LogP contribution in [0, 0.1) is 5.92 Å². The largest absolute Gasteiger partial charge is 0.326 e. The van der Waals surface area contributed by atoms with Crippen molar-refractivity contribution in [2.24, 2.45) is 5.92 Å². The van der Waals surface area contributed by atoms with Gasteiger partial charge in [0.1, 0.15) is 18.4 Å². The predicted molar refractivity (Wildman–Crippen MR) is 115 cm³/mol. The zero-order chi connectivity index (χ0) is 20.9. The second kappa shape index (κ2) is 9.03. The van der Waals surface area contributed by atoms with Crippen LogP contribution in [0.2, 0.25) is 0 Å². The fourth-order valence-electron chi connectivity index (χ4n) is 3.93. The minimum Gasteiger partial charge on any atom is -0.326 e. The number of ketones is 1. The number of amides is 1. The molecule has 0 bridgehead atoms. The second-order valence-corrected chi connectivity index (χ2v) is 8.00. The van der Waals surface area contributed by atoms with Crippen molar-refractivity contribution in [3.8, 4) is 0 Å². The van der Waals surface area contributed by atoms with E-state index in [1.807, 2.05) is 55.5 Å². The lowest BCUT2D eigenvalue weighted by Gasteiger charge is -2.14. The molecule has 0 radical (unpaired) electrons. The highest BCUT2D eigenvalue weighted by Crippen LogP contribution is 2.26. The Bertz CT molecular complexity index is 995. The normalized spacial score (nSPS) is 17.1. The van der Waals surface area contributed by atoms with Crippen molar-refractivity contribution >= 4 is 17.4 Å². The van der Waals surface area contributed by atoms with Gasteiger partial charge in [-0.1, -0.05) is 36.4 Å². The van der Waals surface area contributed by atoms with Crippen LogP contribution < -0.4 is 5.32 Å². The topological polar surface area (TPSA) is 76.9 Å². The third-order valence-corrected chi connectivity index (χ3v) is 5.82. The molecule has 1 fully saturated rings. The summed E-state index contributed by atoms with van der Waals surface area (Å²) in [5.74, 6) is 0.253. The van der Waals surface area contributed by atoms with Crippen molar-refractivity contribution in [2.75, 3.05) is 5.32 Å². The van der Waals surface area contributed by atoms with Gasteiger partial charge < -0.3 is 5.32 Å². The Balaban J connectivity index is 1.33. The second-order valence-electron chi connectivity index (χ2n) is 8.00. The molecule has 1 aromatic heterocycles. The zero-order valence-corrected chi connectivity index (χ0v) is 17.1. The number of rotatable bonds is 7. The van der Waals surface area contributed by atoms with E-state index in [-0.39, 0.29) is 17.7 Å². The molecule has 1 amide bonds. The summed E-state index contributed by atoms with van der Waals surface area (Å²) in [6.45, 7) is 2.55. The van der Waals surface area contributed by atoms with Crippen LogP contribution in [0.5, 0.6) is 0 Å². The van der Waals surface area contributed by atoms with E-state index in [0.717, 1.165) is 48.1 Å². The molecule has 0 unspecified atom stereocenters. The van der Waals surface area contributed by atoms with E-state index in [2.05, 4.69) is 15.4 Å². The maximum Gasteiger partial charge on any atom is 0.231 e. The molecule has 0 spiro atoms. The van der Waals surface area contributed by atoms with Gasteiger partial charge in [0.25, 0.3) is 0 Å². The number of carbonyl (C=O) groups excluding carboxylic acids is 2. The Morgan fingerprint density at radius 3 is 2.50 bits per heavy atom. The van der Waals surface area contributed by atoms with Gasteiger partial charge in [-0.2, -0.15) is 5.10 Å². The molecule has 0 aliphatic heterocycles. The molecule has 4 rings (SSSR count). The molecule has 0 saturated heterocycles. The lowest BCUT2D eigenvalue weighted by Crippen LogP contribution is -2.19. The van der Waals surface area contributed by atoms with Crippen LogP contribution in [0.15, 0.2) is 61.2 Å². The molecule has 6 nitrogen and oxygen atoms in total. The van der Waals surface area contributed by atoms with Gasteiger partial charge in [0, 0.05) is 18.0 Å². The molecule has 30 heavy (non-hydrogen) atoms. The van der Waals surface area contributed by atoms with E-state index >= 15 is 0 Å². The summed E-state index contributed by atoms with van der Waals surface area (Å²) in [5, 5.41) is 7.08. The van der Waals surface area contributed by atoms with Crippen molar-refractivity contribution in [1.29, 1.82) is 0 Å². The van der Waals surface area contributed by atoms with Crippen LogP contribution in [-0.4, -0.2) is 26.5 Å². The van der Waals surface area contributed by atoms with Gasteiger partial charge in [-0.25, -0.2) is 9.67 Å². The van der Waals surface area contributed by atoms with Crippen LogP contribution in [0.1, 0.15) is 48.8 Å². The van der Waals surface area contributed by atoms with Crippen molar-refractivity contribution < 1.29 is 9.59 Å². The molecule has 1 N–H and O–H groups in total. The van der Waals surface area contributed by atoms with E-state index in [9.17, 15) is 9.59 Å². The summed E-state index contributed by atoms with van der Waals surface area (Å²) in [4.78, 5) is 28.5. The Hall–Kier alpha value is -3.28. The summed E-state index contributed by atoms with van der Waals surface area (Å²) in [6, 6.07) is 15.8. The van der Waals surface area contributed by atoms with Gasteiger partial charge >= 0.3 is 0 Å². The molecule has 1 aliphatic carbocycles. The van der Waals surface area contributed by atoms with Crippen molar-refractivity contribution in [2.45, 2.75) is 45.1 Å². The number of anilines is 1. The van der Waals surface area contributed by atoms with Crippen LogP contribution in [0.25, 0.3) is 0 Å². The maximum absolute atomic E-state index is 12.7. The number of hydrogen-bond acceptors (Lipinski definition) is 4. The molecule has 1 aliphatic rings. The molecule has 2 aromatic carbocycles. The Kier molecular flexibility index (Phi) is 6.02. The first-order valence-electron chi connectivity index (χ1n) is 10.4. The molecule has 6 heteroatoms. The number of Topliss-reactive ketones (excluding diaryl/α,β-unsaturated/α-hetero) is 1. The van der Waals surface area contributed by atoms with Crippen molar-refractivity contribution in [3.05, 3.63) is 77.9 Å². The minimum atomic E-state index is -0.262. The summed E-state index contributed by atoms with van der Waals surface area (Å²) in [6.07, 6.45) is 6.73. The monoisotopic (exact) mass is 402 g/mol. The predicted octanol–water partition coefficient (Wildman–Crippen LogP) is 3.98. The standard InChI is InChI=1S/C24H26N4O2/c1-17(20-9-5-18(6-10-20)13-21-3-2-4-23(21)29)24(30)27-22-11-7-19(8-12-22)14-28-16-25-15-26-28/h5-12,15-17,21H,2-4,13-14H2,1H3,(H,27,30)/t17-,21-/m1/s1. The summed E-state index contributed by atoms with van der Waals surface area (Å²) in [7, 11) is 0. The third kappa shape index (κ3) is 4.82. The lowest BCUT2D eigenvalue weighted by molar-refractivity contribution is -0.120. The van der Waals surface area contributed by atoms with E-state index in [1.54, 1.807) is 11.0 Å². The number of nitrogens with one attached hydrogen (secondary N) is 1. The number of carbonyl (C=O) groups is 2. The highest BCUT2D eigenvalue weighted by molar-refractivity contribution is 5.95. The van der Waals surface area contributed by atoms with Gasteiger partial charge in [0.05, 0.1) is 12.5 Å². The van der Waals surface area contributed by atoms with Crippen molar-refractivity contribution in [3.63, 3.8) is 0 Å². The van der Waals surface area contributed by atoms with Gasteiger partial charge in [-0.05, 0) is 55.0 Å². The molecular weight excluding hydrogens is 376 g/mol. The van der Waals surface area contributed by atoms with Gasteiger partial charge in [-0.15, -0.1) is 0 Å². The minimum absolute atomic E-state index is 0.0438. The van der Waals surface area contributed by atoms with E-state index in [4.69, 9.17) is 0 Å². The smallest absolute Gasteiger partial charge is 0.231 e. The third-order valence-electron chi connectivity index (χ3n) is 5.82. The van der Waals surface area contributed by atoms with E-state index in [1.165, 1.54) is 6.33 Å². The fourth-order valence-corrected chi connectivity index (χ4v) is 3.93. The molecule has 2 atom stereocenters. The quantitative estimate of drug-likeness (QED) is 0.648. The number of aromatic nitrogens is 3. The average molecular weight is 402 g/mol. The SMILES string of the molecule is C[C@@H](C(=O)Nc1ccc(Cn2cncn2)cc1)c1ccc(C[C@H]2CCCC2=O)cc1. The molecule has 154 valence electrons. The van der Waals surface area contributed by atoms with Gasteiger partial charge in [0.15, 0.2) is 0 Å². The molecule has 1 saturated carbocycles. The molecule has 1 heterocycles. The van der Waals surface area contributed by atoms with E-state index < -0.39 is 0 Å². The number of nitrogens with zero attached hydrogens (tertiary/aromatic N) is 3. The Morgan fingerprint density at radius 1 is 1.13 bits per heavy atom. The van der Waals surface area contributed by atoms with Gasteiger partial charge in [0.2, 0.25) is 5.91 Å². The summed E-state index contributed by atoms with van der Waals surface area (Å²) < 4.78 is 1.75. The Labute approximate surface area is 176 Å². The number of benzene rings is 2. The van der Waals surface area contributed by atoms with E-state index in [0.29, 0.717) is 12.3 Å². The first kappa shape index (κ1) is 20.0. The van der Waals surface area contributed by atoms with Crippen LogP contribution in [0.3, 0.4) is 0 Å². The lowest BCUT2D eigenvalue weighted by atomic mass is 9.94. The van der Waals surface area contributed by atoms with Crippen LogP contribution in [-0.2, 0) is 22.6 Å². The molecular formula is C24H26N4O2. The first-order valence-corrected chi connectivity index (χ1v) is 10.4. The maximum atomic E-state index is 12.7. The highest BCUT2D eigenvalue weighted by atomic mass is 16.2. The Morgan fingerprint density at radius 2 is 1.87 bits per heavy atom. The highest BCUT2D eigenvalue weighted by Gasteiger charge is 2.24. The summed E-state index contributed by atoms with van der Waals surface area (Å²) in [5.41, 5.74) is 3.99. The van der Waals surface area contributed by atoms with Crippen molar-refractivity contribution in [1.82, 2.24) is 14.8 Å². The van der Waals surface area contributed by atoms with Gasteiger partial charge in [-0.3, -0.25) is 9.59 Å². The summed E-state index contributed by atoms with van der Waals surface area (Å²) >= 11 is 0. The zero-order valence-electron chi connectivity index (χ0n) is 17.1. The average Bonchev–Trinajstić information content (AvgIpc) is 3.41.